The second-order valence-corrected chi connectivity index (χ2v) is 5.73. The van der Waals surface area contributed by atoms with Crippen LogP contribution in [0.15, 0.2) is 24.3 Å². The summed E-state index contributed by atoms with van der Waals surface area (Å²) in [4.78, 5) is 0. The summed E-state index contributed by atoms with van der Waals surface area (Å²) in [5.74, 6) is 3.25. The van der Waals surface area contributed by atoms with Crippen molar-refractivity contribution in [3.05, 3.63) is 29.8 Å². The number of ether oxygens (including phenoxy) is 1. The number of halogens is 1. The van der Waals surface area contributed by atoms with E-state index in [2.05, 4.69) is 12.1 Å². The van der Waals surface area contributed by atoms with E-state index in [0.29, 0.717) is 5.92 Å². The maximum absolute atomic E-state index is 6.15. The van der Waals surface area contributed by atoms with Crippen molar-refractivity contribution < 1.29 is 4.74 Å². The Balaban J connectivity index is 1.96. The summed E-state index contributed by atoms with van der Waals surface area (Å²) in [6.45, 7) is 0. The van der Waals surface area contributed by atoms with Crippen LogP contribution in [0.1, 0.15) is 37.7 Å². The van der Waals surface area contributed by atoms with Crippen LogP contribution in [0, 0.1) is 11.8 Å². The highest BCUT2D eigenvalue weighted by Crippen LogP contribution is 2.33. The van der Waals surface area contributed by atoms with Crippen LogP contribution in [0.5, 0.6) is 5.75 Å². The van der Waals surface area contributed by atoms with Crippen LogP contribution in [0.25, 0.3) is 0 Å². The van der Waals surface area contributed by atoms with Gasteiger partial charge in [0.1, 0.15) is 5.75 Å². The van der Waals surface area contributed by atoms with Gasteiger partial charge < -0.3 is 4.74 Å². The number of hydrogen-bond acceptors (Lipinski definition) is 1. The first-order chi connectivity index (χ1) is 8.83. The first-order valence-corrected chi connectivity index (χ1v) is 7.54. The second kappa shape index (κ2) is 7.04. The van der Waals surface area contributed by atoms with Crippen molar-refractivity contribution in [2.24, 2.45) is 11.8 Å². The van der Waals surface area contributed by atoms with Gasteiger partial charge in [0.05, 0.1) is 7.11 Å². The number of benzene rings is 1. The van der Waals surface area contributed by atoms with Crippen LogP contribution < -0.4 is 4.74 Å². The van der Waals surface area contributed by atoms with Crippen molar-refractivity contribution in [1.82, 2.24) is 0 Å². The monoisotopic (exact) mass is 266 g/mol. The van der Waals surface area contributed by atoms with E-state index in [9.17, 15) is 0 Å². The summed E-state index contributed by atoms with van der Waals surface area (Å²) in [6, 6.07) is 8.30. The van der Waals surface area contributed by atoms with Gasteiger partial charge in [0.25, 0.3) is 0 Å². The Morgan fingerprint density at radius 2 is 2.00 bits per heavy atom. The van der Waals surface area contributed by atoms with E-state index in [1.54, 1.807) is 7.11 Å². The molecule has 1 fully saturated rings. The third-order valence-electron chi connectivity index (χ3n) is 4.06. The molecule has 0 radical (unpaired) electrons. The maximum atomic E-state index is 6.15. The Bertz CT molecular complexity index is 358. The molecule has 1 nitrogen and oxygen atoms in total. The number of methoxy groups -OCH3 is 1. The molecule has 1 aliphatic rings. The Kier molecular flexibility index (Phi) is 5.37. The molecular formula is C16H23ClO. The molecule has 0 bridgehead atoms. The fourth-order valence-corrected chi connectivity index (χ4v) is 3.34. The lowest BCUT2D eigenvalue weighted by atomic mass is 9.89. The Hall–Kier alpha value is -0.690. The van der Waals surface area contributed by atoms with Crippen LogP contribution in [-0.4, -0.2) is 13.0 Å². The smallest absolute Gasteiger partial charge is 0.122 e. The zero-order chi connectivity index (χ0) is 12.8. The third kappa shape index (κ3) is 3.65. The molecule has 1 atom stereocenters. The molecule has 0 aromatic heterocycles. The summed E-state index contributed by atoms with van der Waals surface area (Å²) in [7, 11) is 1.74. The summed E-state index contributed by atoms with van der Waals surface area (Å²) >= 11 is 6.15. The highest BCUT2D eigenvalue weighted by atomic mass is 35.5. The standard InChI is InChI=1S/C16H23ClO/c1-18-16-9-5-4-8-15(16)11-14(12-17)10-13-6-2-3-7-13/h4-5,8-9,13-14H,2-3,6-7,10-12H2,1H3. The van der Waals surface area contributed by atoms with Crippen molar-refractivity contribution >= 4 is 11.6 Å². The van der Waals surface area contributed by atoms with Gasteiger partial charge in [-0.1, -0.05) is 43.9 Å². The lowest BCUT2D eigenvalue weighted by Crippen LogP contribution is -2.12. The minimum Gasteiger partial charge on any atom is -0.496 e. The van der Waals surface area contributed by atoms with E-state index in [-0.39, 0.29) is 0 Å². The van der Waals surface area contributed by atoms with Crippen molar-refractivity contribution in [3.63, 3.8) is 0 Å². The first-order valence-electron chi connectivity index (χ1n) is 7.01. The van der Waals surface area contributed by atoms with Crippen LogP contribution in [-0.2, 0) is 6.42 Å². The first kappa shape index (κ1) is 13.7. The quantitative estimate of drug-likeness (QED) is 0.680. The van der Waals surface area contributed by atoms with Crippen molar-refractivity contribution in [2.75, 3.05) is 13.0 Å². The predicted molar refractivity (Wildman–Crippen MR) is 77.5 cm³/mol. The van der Waals surface area contributed by atoms with Gasteiger partial charge in [-0.25, -0.2) is 0 Å². The van der Waals surface area contributed by atoms with Crippen molar-refractivity contribution in [3.8, 4) is 5.75 Å². The summed E-state index contributed by atoms with van der Waals surface area (Å²) in [5, 5.41) is 0. The van der Waals surface area contributed by atoms with Crippen LogP contribution >= 0.6 is 11.6 Å². The van der Waals surface area contributed by atoms with E-state index in [1.807, 2.05) is 12.1 Å². The minimum atomic E-state index is 0.589. The molecule has 1 aliphatic carbocycles. The zero-order valence-electron chi connectivity index (χ0n) is 11.2. The van der Waals surface area contributed by atoms with Crippen LogP contribution in [0.2, 0.25) is 0 Å². The molecule has 2 heteroatoms. The molecule has 1 saturated carbocycles. The fraction of sp³-hybridized carbons (Fsp3) is 0.625. The Morgan fingerprint density at radius 1 is 1.28 bits per heavy atom. The largest absolute Gasteiger partial charge is 0.496 e. The van der Waals surface area contributed by atoms with Crippen molar-refractivity contribution in [2.45, 2.75) is 38.5 Å². The number of para-hydroxylation sites is 1. The highest BCUT2D eigenvalue weighted by molar-refractivity contribution is 6.18. The Morgan fingerprint density at radius 3 is 2.67 bits per heavy atom. The van der Waals surface area contributed by atoms with Crippen molar-refractivity contribution in [1.29, 1.82) is 0 Å². The highest BCUT2D eigenvalue weighted by Gasteiger charge is 2.20. The molecule has 0 saturated heterocycles. The van der Waals surface area contributed by atoms with E-state index in [0.717, 1.165) is 24.0 Å². The molecule has 1 unspecified atom stereocenters. The van der Waals surface area contributed by atoms with Gasteiger partial charge in [-0.2, -0.15) is 0 Å². The van der Waals surface area contributed by atoms with Crippen LogP contribution in [0.3, 0.4) is 0 Å². The van der Waals surface area contributed by atoms with Gasteiger partial charge in [-0.3, -0.25) is 0 Å². The summed E-state index contributed by atoms with van der Waals surface area (Å²) < 4.78 is 5.42. The summed E-state index contributed by atoms with van der Waals surface area (Å²) in [6.07, 6.45) is 7.95. The van der Waals surface area contributed by atoms with E-state index >= 15 is 0 Å². The molecule has 0 spiro atoms. The average molecular weight is 267 g/mol. The Labute approximate surface area is 115 Å². The predicted octanol–water partition coefficient (Wildman–Crippen LogP) is 4.67. The van der Waals surface area contributed by atoms with Gasteiger partial charge >= 0.3 is 0 Å². The molecule has 0 N–H and O–H groups in total. The lowest BCUT2D eigenvalue weighted by molar-refractivity contribution is 0.382. The molecule has 0 amide bonds. The average Bonchev–Trinajstić information content (AvgIpc) is 2.91. The number of rotatable bonds is 6. The molecule has 18 heavy (non-hydrogen) atoms. The molecule has 1 aromatic carbocycles. The van der Waals surface area contributed by atoms with Gasteiger partial charge in [0.2, 0.25) is 0 Å². The van der Waals surface area contributed by atoms with E-state index < -0.39 is 0 Å². The minimum absolute atomic E-state index is 0.589. The van der Waals surface area contributed by atoms with E-state index in [1.165, 1.54) is 37.7 Å². The third-order valence-corrected chi connectivity index (χ3v) is 4.50. The molecule has 0 aliphatic heterocycles. The molecule has 100 valence electrons. The normalized spacial score (nSPS) is 17.9. The molecule has 2 rings (SSSR count). The number of alkyl halides is 1. The maximum Gasteiger partial charge on any atom is 0.122 e. The van der Waals surface area contributed by atoms with Crippen LogP contribution in [0.4, 0.5) is 0 Å². The second-order valence-electron chi connectivity index (χ2n) is 5.42. The SMILES string of the molecule is COc1ccccc1CC(CCl)CC1CCCC1. The molecule has 1 aromatic rings. The molecule has 0 heterocycles. The van der Waals surface area contributed by atoms with Gasteiger partial charge in [0, 0.05) is 5.88 Å². The summed E-state index contributed by atoms with van der Waals surface area (Å²) in [5.41, 5.74) is 1.30. The fourth-order valence-electron chi connectivity index (χ4n) is 3.10. The van der Waals surface area contributed by atoms with Gasteiger partial charge in [0.15, 0.2) is 0 Å². The number of hydrogen-bond donors (Lipinski definition) is 0. The topological polar surface area (TPSA) is 9.23 Å². The zero-order valence-corrected chi connectivity index (χ0v) is 12.0. The molecular weight excluding hydrogens is 244 g/mol. The van der Waals surface area contributed by atoms with E-state index in [4.69, 9.17) is 16.3 Å². The van der Waals surface area contributed by atoms with Gasteiger partial charge in [-0.05, 0) is 36.3 Å². The van der Waals surface area contributed by atoms with Gasteiger partial charge in [-0.15, -0.1) is 11.6 Å². The lowest BCUT2D eigenvalue weighted by Gasteiger charge is -2.19.